The van der Waals surface area contributed by atoms with Crippen LogP contribution in [-0.4, -0.2) is 110 Å². The van der Waals surface area contributed by atoms with Crippen LogP contribution >= 0.6 is 0 Å². The third-order valence-electron chi connectivity index (χ3n) is 15.2. The zero-order valence-corrected chi connectivity index (χ0v) is 45.1. The largest absolute Gasteiger partial charge is 0.462 e. The molecule has 4 heterocycles. The summed E-state index contributed by atoms with van der Waals surface area (Å²) in [5.41, 5.74) is 0. The Kier molecular flexibility index (Phi) is 32.8. The van der Waals surface area contributed by atoms with E-state index in [2.05, 4.69) is 20.8 Å². The van der Waals surface area contributed by atoms with Gasteiger partial charge < -0.3 is 43.0 Å². The number of unbranched alkanes of at least 4 members (excludes halogenated alkanes) is 21. The lowest BCUT2D eigenvalue weighted by Gasteiger charge is -2.18. The molecule has 4 aliphatic rings. The molecule has 4 saturated heterocycles. The molecule has 0 radical (unpaired) electrons. The highest BCUT2D eigenvalue weighted by Crippen LogP contribution is 2.40. The lowest BCUT2D eigenvalue weighted by Crippen LogP contribution is -2.30. The minimum atomic E-state index is -0.831. The molecule has 0 spiro atoms. The minimum absolute atomic E-state index is 0.122. The summed E-state index contributed by atoms with van der Waals surface area (Å²) >= 11 is 0. The van der Waals surface area contributed by atoms with E-state index < -0.39 is 6.10 Å². The number of epoxide rings is 4. The Hall–Kier alpha value is -1.83. The molecule has 0 aromatic carbocycles. The quantitative estimate of drug-likeness (QED) is 0.0266. The van der Waals surface area contributed by atoms with Gasteiger partial charge >= 0.3 is 17.9 Å². The summed E-state index contributed by atoms with van der Waals surface area (Å²) in [5, 5.41) is 10.5. The molecule has 11 atom stereocenters. The number of carbonyl (C=O) groups is 3. The number of aliphatic hydroxyl groups excluding tert-OH is 1. The van der Waals surface area contributed by atoms with Crippen LogP contribution in [0.3, 0.4) is 0 Å². The number of hydrogen-bond acceptors (Lipinski definition) is 12. The van der Waals surface area contributed by atoms with Crippen LogP contribution in [0.5, 0.6) is 0 Å². The highest BCUT2D eigenvalue weighted by Gasteiger charge is 2.48. The van der Waals surface area contributed by atoms with Gasteiger partial charge in [-0.05, 0) is 57.8 Å². The third kappa shape index (κ3) is 29.8. The maximum Gasteiger partial charge on any atom is 0.306 e. The normalized spacial score (nSPS) is 24.5. The minimum Gasteiger partial charge on any atom is -0.462 e. The van der Waals surface area contributed by atoms with Crippen molar-refractivity contribution >= 4 is 17.9 Å². The summed E-state index contributed by atoms with van der Waals surface area (Å²) in [4.78, 5) is 38.4. The van der Waals surface area contributed by atoms with Gasteiger partial charge in [-0.2, -0.15) is 0 Å². The molecule has 0 aromatic heterocycles. The molecule has 1 N–H and O–H groups in total. The van der Waals surface area contributed by atoms with Gasteiger partial charge in [-0.25, -0.2) is 0 Å². The van der Waals surface area contributed by atoms with E-state index in [-0.39, 0.29) is 55.9 Å². The zero-order chi connectivity index (χ0) is 50.0. The number of rotatable bonds is 50. The van der Waals surface area contributed by atoms with Gasteiger partial charge in [-0.1, -0.05) is 168 Å². The number of esters is 3. The third-order valence-corrected chi connectivity index (χ3v) is 15.2. The van der Waals surface area contributed by atoms with Gasteiger partial charge in [0.2, 0.25) is 0 Å². The summed E-state index contributed by atoms with van der Waals surface area (Å²) in [5.74, 6) is -1.01. The topological polar surface area (TPSA) is 158 Å². The molecule has 0 saturated carbocycles. The van der Waals surface area contributed by atoms with E-state index in [0.717, 1.165) is 148 Å². The second-order valence-corrected chi connectivity index (χ2v) is 21.6. The van der Waals surface area contributed by atoms with Crippen molar-refractivity contribution in [3.63, 3.8) is 0 Å². The predicted octanol–water partition coefficient (Wildman–Crippen LogP) is 13.3. The highest BCUT2D eigenvalue weighted by atomic mass is 16.6. The van der Waals surface area contributed by atoms with Crippen LogP contribution in [0.15, 0.2) is 0 Å². The average molecular weight is 993 g/mol. The van der Waals surface area contributed by atoms with Crippen LogP contribution in [0.1, 0.15) is 265 Å². The van der Waals surface area contributed by atoms with Gasteiger partial charge in [0.25, 0.3) is 0 Å². The average Bonchev–Trinajstić information content (AvgIpc) is 4.19. The van der Waals surface area contributed by atoms with Gasteiger partial charge in [-0.15, -0.1) is 0 Å². The number of ether oxygens (including phenoxy) is 8. The second-order valence-electron chi connectivity index (χ2n) is 21.6. The summed E-state index contributed by atoms with van der Waals surface area (Å²) in [6.45, 7) is 6.39. The Bertz CT molecular complexity index is 1350. The molecule has 0 aliphatic carbocycles. The molecular formula is C58H104O12. The first-order chi connectivity index (χ1) is 34.2. The standard InChI is InChI=1S/C58H104O12/c1-5-8-10-11-12-18-26-33-46(63-4)34-27-19-15-22-30-38-57(61)65-44-47(66-58(62)39-31-23-16-20-28-36-50-54(69-50)42-53-49(68-53)35-24-9-6-2)43-64-56(60)37-29-21-14-13-17-25-32-45(59)40-51-55(70-51)41-52-48(7-3)67-52/h45-55,59H,5-44H2,1-4H3. The fourth-order valence-corrected chi connectivity index (χ4v) is 10.3. The van der Waals surface area contributed by atoms with Crippen LogP contribution in [0.2, 0.25) is 0 Å². The fraction of sp³-hybridized carbons (Fsp3) is 0.948. The number of aliphatic hydroxyl groups is 1. The summed E-state index contributed by atoms with van der Waals surface area (Å²) in [6, 6.07) is 0. The van der Waals surface area contributed by atoms with Crippen LogP contribution in [-0.2, 0) is 52.3 Å². The van der Waals surface area contributed by atoms with Crippen LogP contribution < -0.4 is 0 Å². The van der Waals surface area contributed by atoms with E-state index in [9.17, 15) is 19.5 Å². The molecular weight excluding hydrogens is 889 g/mol. The van der Waals surface area contributed by atoms with E-state index in [1.54, 1.807) is 0 Å². The molecule has 70 heavy (non-hydrogen) atoms. The van der Waals surface area contributed by atoms with Crippen molar-refractivity contribution in [2.75, 3.05) is 20.3 Å². The Labute approximate surface area is 426 Å². The Balaban J connectivity index is 1.02. The van der Waals surface area contributed by atoms with Crippen molar-refractivity contribution in [1.29, 1.82) is 0 Å². The molecule has 0 aromatic rings. The van der Waals surface area contributed by atoms with E-state index in [0.29, 0.717) is 62.0 Å². The molecule has 12 heteroatoms. The Morgan fingerprint density at radius 1 is 0.429 bits per heavy atom. The van der Waals surface area contributed by atoms with Gasteiger partial charge in [0.1, 0.15) is 13.2 Å². The van der Waals surface area contributed by atoms with Crippen molar-refractivity contribution in [2.24, 2.45) is 0 Å². The maximum absolute atomic E-state index is 12.9. The maximum atomic E-state index is 12.9. The lowest BCUT2D eigenvalue weighted by atomic mass is 10.0. The first kappa shape index (κ1) is 60.7. The molecule has 0 amide bonds. The second kappa shape index (κ2) is 37.8. The van der Waals surface area contributed by atoms with Crippen LogP contribution in [0.4, 0.5) is 0 Å². The smallest absolute Gasteiger partial charge is 0.306 e. The monoisotopic (exact) mass is 993 g/mol. The fourth-order valence-electron chi connectivity index (χ4n) is 10.3. The van der Waals surface area contributed by atoms with Crippen molar-refractivity contribution in [3.8, 4) is 0 Å². The predicted molar refractivity (Wildman–Crippen MR) is 276 cm³/mol. The van der Waals surface area contributed by atoms with E-state index in [1.165, 1.54) is 70.6 Å². The SMILES string of the molecule is CCCCCCCCCC(CCCCCCCC(=O)OCC(COC(=O)CCCCCCCCC(O)CC1OC1CC1OC1CC)OC(=O)CCCCCCCC1OC1CC1OC1CCCCC)OC. The zero-order valence-electron chi connectivity index (χ0n) is 45.1. The molecule has 4 rings (SSSR count). The van der Waals surface area contributed by atoms with Gasteiger partial charge in [0.05, 0.1) is 61.0 Å². The molecule has 11 unspecified atom stereocenters. The summed E-state index contributed by atoms with van der Waals surface area (Å²) in [6.07, 6.45) is 40.8. The van der Waals surface area contributed by atoms with Gasteiger partial charge in [-0.3, -0.25) is 14.4 Å². The van der Waals surface area contributed by atoms with Crippen molar-refractivity contribution in [3.05, 3.63) is 0 Å². The van der Waals surface area contributed by atoms with Crippen LogP contribution in [0, 0.1) is 0 Å². The van der Waals surface area contributed by atoms with Crippen molar-refractivity contribution < 1.29 is 57.4 Å². The first-order valence-corrected chi connectivity index (χ1v) is 29.6. The Morgan fingerprint density at radius 3 is 1.31 bits per heavy atom. The summed E-state index contributed by atoms with van der Waals surface area (Å²) < 4.78 is 45.8. The molecule has 4 fully saturated rings. The molecule has 4 aliphatic heterocycles. The van der Waals surface area contributed by atoms with E-state index in [1.807, 2.05) is 7.11 Å². The summed E-state index contributed by atoms with van der Waals surface area (Å²) in [7, 11) is 1.83. The highest BCUT2D eigenvalue weighted by molar-refractivity contribution is 5.71. The van der Waals surface area contributed by atoms with E-state index >= 15 is 0 Å². The van der Waals surface area contributed by atoms with Crippen LogP contribution in [0.25, 0.3) is 0 Å². The first-order valence-electron chi connectivity index (χ1n) is 29.6. The number of carbonyl (C=O) groups excluding carboxylic acids is 3. The molecule has 0 bridgehead atoms. The lowest BCUT2D eigenvalue weighted by molar-refractivity contribution is -0.167. The van der Waals surface area contributed by atoms with Gasteiger partial charge in [0.15, 0.2) is 6.10 Å². The van der Waals surface area contributed by atoms with E-state index in [4.69, 9.17) is 37.9 Å². The van der Waals surface area contributed by atoms with Crippen molar-refractivity contribution in [1.82, 2.24) is 0 Å². The van der Waals surface area contributed by atoms with Crippen molar-refractivity contribution in [2.45, 2.75) is 332 Å². The number of hydrogen-bond donors (Lipinski definition) is 1. The molecule has 12 nitrogen and oxygen atoms in total. The number of methoxy groups -OCH3 is 1. The van der Waals surface area contributed by atoms with Gasteiger partial charge in [0, 0.05) is 45.6 Å². The molecule has 408 valence electrons. The Morgan fingerprint density at radius 2 is 0.814 bits per heavy atom.